The molecule has 2 saturated heterocycles. The molecule has 0 radical (unpaired) electrons. The number of carbonyl (C=O) groups is 6. The van der Waals surface area contributed by atoms with E-state index in [9.17, 15) is 28.8 Å². The number of hydrogen-bond donors (Lipinski definition) is 11. The molecular formula is C110H122Cl12N12O12. The number of likely N-dealkylation sites (tertiary alicyclic amines) is 1. The number of amides is 6. The van der Waals surface area contributed by atoms with E-state index in [0.717, 1.165) is 117 Å². The van der Waals surface area contributed by atoms with Gasteiger partial charge >= 0.3 is 0 Å². The smallest absolute Gasteiger partial charge is 0.259 e. The lowest BCUT2D eigenvalue weighted by Gasteiger charge is -2.29. The Labute approximate surface area is 914 Å². The highest BCUT2D eigenvalue weighted by Gasteiger charge is 2.27. The Morgan fingerprint density at radius 3 is 0.747 bits per heavy atom. The molecule has 0 unspecified atom stereocenters. The second-order valence-electron chi connectivity index (χ2n) is 33.8. The van der Waals surface area contributed by atoms with Crippen molar-refractivity contribution in [2.45, 2.75) is 125 Å². The van der Waals surface area contributed by atoms with Gasteiger partial charge in [0.2, 0.25) is 0 Å². The molecule has 12 aromatic carbocycles. The number of anilines is 6. The minimum Gasteiger partial charge on any atom is -0.493 e. The van der Waals surface area contributed by atoms with Gasteiger partial charge in [0.05, 0.1) is 117 Å². The summed E-state index contributed by atoms with van der Waals surface area (Å²) in [5, 5.41) is 25.8. The van der Waals surface area contributed by atoms with Crippen LogP contribution in [0.5, 0.6) is 34.5 Å². The fourth-order valence-corrected chi connectivity index (χ4v) is 16.8. The Hall–Kier alpha value is -10.5. The molecule has 0 aromatic heterocycles. The van der Waals surface area contributed by atoms with Gasteiger partial charge in [0.1, 0.15) is 53.3 Å². The van der Waals surface area contributed by atoms with E-state index in [1.54, 1.807) is 170 Å². The molecule has 6 amide bonds. The van der Waals surface area contributed by atoms with Gasteiger partial charge in [0.25, 0.3) is 35.4 Å². The van der Waals surface area contributed by atoms with E-state index in [2.05, 4.69) is 49.2 Å². The molecule has 24 nitrogen and oxygen atoms in total. The van der Waals surface area contributed by atoms with Crippen molar-refractivity contribution in [3.8, 4) is 34.5 Å². The van der Waals surface area contributed by atoms with Gasteiger partial charge in [0, 0.05) is 49.8 Å². The minimum absolute atomic E-state index is 0. The van der Waals surface area contributed by atoms with Gasteiger partial charge in [-0.05, 0) is 361 Å². The number of nitrogens with one attached hydrogen (secondary N) is 7. The molecule has 0 aliphatic carbocycles. The zero-order valence-corrected chi connectivity index (χ0v) is 90.3. The molecule has 146 heavy (non-hydrogen) atoms. The topological polar surface area (TPSA) is 349 Å². The van der Waals surface area contributed by atoms with E-state index in [1.165, 1.54) is 0 Å². The average molecular weight is 2230 g/mol. The van der Waals surface area contributed by atoms with Crippen molar-refractivity contribution in [2.24, 2.45) is 22.9 Å². The largest absolute Gasteiger partial charge is 0.493 e. The molecule has 0 spiro atoms. The number of aryl methyl sites for hydroxylation is 6. The zero-order valence-electron chi connectivity index (χ0n) is 81.2. The van der Waals surface area contributed by atoms with E-state index in [4.69, 9.17) is 191 Å². The maximum Gasteiger partial charge on any atom is 0.259 e. The van der Waals surface area contributed by atoms with Crippen LogP contribution in [0.3, 0.4) is 0 Å². The van der Waals surface area contributed by atoms with E-state index in [-0.39, 0.29) is 55.1 Å². The van der Waals surface area contributed by atoms with Crippen molar-refractivity contribution in [1.82, 2.24) is 10.2 Å². The van der Waals surface area contributed by atoms with Crippen LogP contribution < -0.4 is 88.6 Å². The highest BCUT2D eigenvalue weighted by atomic mass is 35.5. The lowest BCUT2D eigenvalue weighted by molar-refractivity contribution is 0.0983. The molecule has 15 N–H and O–H groups in total. The number of halogens is 12. The minimum atomic E-state index is -0.347. The summed E-state index contributed by atoms with van der Waals surface area (Å²) in [6, 6.07) is 62.6. The SMILES string of the molecule is C.Cc1ccc(NC(=O)c2cc(Cl)ccc2OC2CCN(C)CC2)c(Cl)c1.Cc1ccc(NC(=O)c2cc(Cl)ccc2OC2CCNCC2)c(Cl)c1.Cc1ccc(NC(=O)c2cc(Cl)ccc2OCCCCCN)c(Cl)c1.Cc1ccc(NC(=O)c2cc(Cl)ccc2OCCCCN)c(Cl)c1.Cc1ccc(NC(=O)c2cc(Cl)ccc2OCCCN)c(Cl)c1.Cc1ccc(NC(=O)c2cc(Cl)ccc2OCCN)c(Cl)c1. The molecule has 12 aromatic rings. The summed E-state index contributed by atoms with van der Waals surface area (Å²) < 4.78 is 34.7. The molecular weight excluding hydrogens is 2110 g/mol. The number of piperidine rings is 2. The summed E-state index contributed by atoms with van der Waals surface area (Å²) in [6.07, 6.45) is 9.11. The van der Waals surface area contributed by atoms with Gasteiger partial charge < -0.3 is 93.5 Å². The normalized spacial score (nSPS) is 12.1. The van der Waals surface area contributed by atoms with Gasteiger partial charge in [-0.25, -0.2) is 0 Å². The number of ether oxygens (including phenoxy) is 6. The lowest BCUT2D eigenvalue weighted by atomic mass is 10.1. The summed E-state index contributed by atoms with van der Waals surface area (Å²) in [7, 11) is 2.10. The van der Waals surface area contributed by atoms with Crippen molar-refractivity contribution in [3.05, 3.63) is 345 Å². The first-order chi connectivity index (χ1) is 69.5. The molecule has 36 heteroatoms. The monoisotopic (exact) mass is 2220 g/mol. The number of rotatable bonds is 34. The van der Waals surface area contributed by atoms with Crippen molar-refractivity contribution >= 4 is 209 Å². The standard InChI is InChI=1S/C20H22Cl2N2O2.C19H20Cl2N2O2.C19H22Cl2N2O2.C18H20Cl2N2O2.C17H18Cl2N2O2.C16H16Cl2N2O2.CH4/c1-13-3-5-18(17(22)11-13)23-20(25)16-12-14(21)4-6-19(16)26-15-7-9-24(2)10-8-15;1-12-2-4-17(16(21)10-12)23-19(24)15-11-13(20)3-5-18(15)25-14-6-8-22-9-7-14;1-13-5-7-17(16(21)11-13)23-19(24)15-12-14(20)6-8-18(15)25-10-4-2-3-9-22;1-12-4-6-16(15(20)10-12)22-18(23)14-11-13(19)5-7-17(14)24-9-3-2-8-21;1-11-3-5-15(14(19)9-11)21-17(22)13-10-12(18)4-6-16(13)23-8-2-7-20;1-10-2-4-14(13(18)8-10)20-16(21)12-9-11(17)3-5-15(12)22-7-6-19;/h3-6,11-12,15H,7-10H2,1-2H3,(H,23,25);2-5,10-11,14,22H,6-9H2,1H3,(H,23,24);5-8,11-12H,2-4,9-10,22H2,1H3,(H,23,24);4-7,10-11H,2-3,8-9,21H2,1H3,(H,22,23);3-6,9-10H,2,7-8,20H2,1H3,(H,21,22);2-5,8-9H,6-7,19H2,1H3,(H,20,21);1H4. The first-order valence-electron chi connectivity index (χ1n) is 46.8. The molecule has 0 atom stereocenters. The van der Waals surface area contributed by atoms with Gasteiger partial charge in [-0.3, -0.25) is 28.8 Å². The average Bonchev–Trinajstić information content (AvgIpc) is 0.771. The van der Waals surface area contributed by atoms with E-state index >= 15 is 0 Å². The third-order valence-electron chi connectivity index (χ3n) is 21.8. The zero-order chi connectivity index (χ0) is 105. The van der Waals surface area contributed by atoms with Crippen LogP contribution in [0.15, 0.2) is 218 Å². The number of hydrogen-bond acceptors (Lipinski definition) is 18. The number of nitrogens with zero attached hydrogens (tertiary/aromatic N) is 1. The van der Waals surface area contributed by atoms with Gasteiger partial charge in [0.15, 0.2) is 0 Å². The van der Waals surface area contributed by atoms with Crippen LogP contribution in [-0.2, 0) is 0 Å². The lowest BCUT2D eigenvalue weighted by Crippen LogP contribution is -2.36. The summed E-state index contributed by atoms with van der Waals surface area (Å²) in [4.78, 5) is 78.0. The third-order valence-corrected chi connectivity index (χ3v) is 25.1. The van der Waals surface area contributed by atoms with E-state index < -0.39 is 0 Å². The highest BCUT2D eigenvalue weighted by Crippen LogP contribution is 2.37. The van der Waals surface area contributed by atoms with Crippen LogP contribution in [0, 0.1) is 41.5 Å². The Morgan fingerprint density at radius 1 is 0.281 bits per heavy atom. The van der Waals surface area contributed by atoms with Crippen molar-refractivity contribution in [1.29, 1.82) is 0 Å². The van der Waals surface area contributed by atoms with Crippen molar-refractivity contribution < 1.29 is 57.2 Å². The molecule has 0 saturated carbocycles. The summed E-state index contributed by atoms with van der Waals surface area (Å²) in [6.45, 7) is 19.3. The fourth-order valence-electron chi connectivity index (χ4n) is 14.1. The van der Waals surface area contributed by atoms with E-state index in [0.29, 0.717) is 221 Å². The predicted octanol–water partition coefficient (Wildman–Crippen LogP) is 28.3. The van der Waals surface area contributed by atoms with Crippen molar-refractivity contribution in [3.63, 3.8) is 0 Å². The molecule has 778 valence electrons. The fraction of sp³-hybridized carbons (Fsp3) is 0.291. The second kappa shape index (κ2) is 62.7. The van der Waals surface area contributed by atoms with E-state index in [1.807, 2.05) is 90.1 Å². The molecule has 2 fully saturated rings. The third kappa shape index (κ3) is 40.2. The van der Waals surface area contributed by atoms with Gasteiger partial charge in [-0.15, -0.1) is 0 Å². The van der Waals surface area contributed by atoms with Gasteiger partial charge in [-0.1, -0.05) is 183 Å². The Bertz CT molecular complexity index is 6380. The molecule has 0 bridgehead atoms. The van der Waals surface area contributed by atoms with Crippen LogP contribution in [0.25, 0.3) is 0 Å². The van der Waals surface area contributed by atoms with Crippen LogP contribution >= 0.6 is 139 Å². The first kappa shape index (κ1) is 121. The Kier molecular flexibility index (Phi) is 51.9. The van der Waals surface area contributed by atoms with Gasteiger partial charge in [-0.2, -0.15) is 0 Å². The number of nitrogens with two attached hydrogens (primary N) is 4. The molecule has 14 rings (SSSR count). The number of unbranched alkanes of at least 4 members (excludes halogenated alkanes) is 3. The predicted molar refractivity (Wildman–Crippen MR) is 604 cm³/mol. The number of benzene rings is 12. The first-order valence-corrected chi connectivity index (χ1v) is 51.3. The van der Waals surface area contributed by atoms with Crippen molar-refractivity contribution in [2.75, 3.05) is 118 Å². The second-order valence-corrected chi connectivity index (χ2v) is 38.9. The molecule has 2 aliphatic heterocycles. The maximum atomic E-state index is 12.8. The number of carbonyl (C=O) groups excluding carboxylic acids is 6. The van der Waals surface area contributed by atoms with Crippen LogP contribution in [0.1, 0.15) is 167 Å². The Morgan fingerprint density at radius 2 is 0.500 bits per heavy atom. The Balaban J connectivity index is 0.000000214. The maximum absolute atomic E-state index is 12.8. The molecule has 2 heterocycles. The summed E-state index contributed by atoms with van der Waals surface area (Å²) in [5.74, 6) is 1.05. The molecule has 2 aliphatic rings. The summed E-state index contributed by atoms with van der Waals surface area (Å²) >= 11 is 73.3. The van der Waals surface area contributed by atoms with Crippen LogP contribution in [0.4, 0.5) is 34.1 Å². The summed E-state index contributed by atoms with van der Waals surface area (Å²) in [5.41, 5.74) is 33.5. The van der Waals surface area contributed by atoms with Crippen LogP contribution in [0.2, 0.25) is 60.3 Å². The highest BCUT2D eigenvalue weighted by molar-refractivity contribution is 6.38. The quantitative estimate of drug-likeness (QED) is 0.0167. The van der Waals surface area contributed by atoms with Crippen LogP contribution in [-0.4, -0.2) is 138 Å².